The molecular formula is C12H20N4. The van der Waals surface area contributed by atoms with Crippen LogP contribution in [0.1, 0.15) is 44.2 Å². The van der Waals surface area contributed by atoms with Crippen LogP contribution in [0.5, 0.6) is 0 Å². The first kappa shape index (κ1) is 11.5. The molecule has 1 aliphatic carbocycles. The van der Waals surface area contributed by atoms with Crippen molar-refractivity contribution in [3.05, 3.63) is 24.0 Å². The predicted molar refractivity (Wildman–Crippen MR) is 63.2 cm³/mol. The van der Waals surface area contributed by atoms with Crippen molar-refractivity contribution in [3.63, 3.8) is 0 Å². The van der Waals surface area contributed by atoms with Crippen molar-refractivity contribution < 1.29 is 0 Å². The van der Waals surface area contributed by atoms with Crippen LogP contribution in [0.15, 0.2) is 18.5 Å². The van der Waals surface area contributed by atoms with Crippen LogP contribution in [0.4, 0.5) is 0 Å². The highest BCUT2D eigenvalue weighted by molar-refractivity contribution is 5.12. The highest BCUT2D eigenvalue weighted by Gasteiger charge is 2.26. The zero-order valence-electron chi connectivity index (χ0n) is 9.76. The molecule has 0 spiro atoms. The maximum absolute atomic E-state index is 5.67. The van der Waals surface area contributed by atoms with Gasteiger partial charge in [0.15, 0.2) is 0 Å². The number of hydrogen-bond donors (Lipinski definition) is 2. The maximum Gasteiger partial charge on any atom is 0.0544 e. The van der Waals surface area contributed by atoms with Crippen LogP contribution in [0.25, 0.3) is 0 Å². The lowest BCUT2D eigenvalue weighted by Crippen LogP contribution is -2.35. The summed E-state index contributed by atoms with van der Waals surface area (Å²) in [7, 11) is 0. The summed E-state index contributed by atoms with van der Waals surface area (Å²) in [5, 5.41) is 7.72. The second-order valence-corrected chi connectivity index (χ2v) is 4.84. The third kappa shape index (κ3) is 2.57. The van der Waals surface area contributed by atoms with Gasteiger partial charge in [-0.15, -0.1) is 0 Å². The SMILES string of the molecule is CC1CCC(C(NN)c2ccnnc2)CC1. The summed E-state index contributed by atoms with van der Waals surface area (Å²) >= 11 is 0. The van der Waals surface area contributed by atoms with Gasteiger partial charge < -0.3 is 0 Å². The molecule has 2 rings (SSSR count). The smallest absolute Gasteiger partial charge is 0.0544 e. The van der Waals surface area contributed by atoms with Gasteiger partial charge in [-0.1, -0.05) is 19.8 Å². The van der Waals surface area contributed by atoms with Crippen molar-refractivity contribution >= 4 is 0 Å². The van der Waals surface area contributed by atoms with E-state index in [9.17, 15) is 0 Å². The molecule has 0 radical (unpaired) electrons. The Morgan fingerprint density at radius 1 is 1.31 bits per heavy atom. The summed E-state index contributed by atoms with van der Waals surface area (Å²) in [4.78, 5) is 0. The number of nitrogens with one attached hydrogen (secondary N) is 1. The Hall–Kier alpha value is -1.00. The van der Waals surface area contributed by atoms with Gasteiger partial charge in [0.25, 0.3) is 0 Å². The molecule has 16 heavy (non-hydrogen) atoms. The van der Waals surface area contributed by atoms with E-state index in [1.54, 1.807) is 6.20 Å². The van der Waals surface area contributed by atoms with Gasteiger partial charge in [0.1, 0.15) is 0 Å². The number of hydrogen-bond acceptors (Lipinski definition) is 4. The summed E-state index contributed by atoms with van der Waals surface area (Å²) in [6.07, 6.45) is 8.65. The molecule has 3 N–H and O–H groups in total. The Labute approximate surface area is 96.6 Å². The van der Waals surface area contributed by atoms with E-state index in [1.807, 2.05) is 12.3 Å². The first-order valence-corrected chi connectivity index (χ1v) is 6.04. The Kier molecular flexibility index (Phi) is 3.85. The number of hydrazine groups is 1. The third-order valence-corrected chi connectivity index (χ3v) is 3.68. The van der Waals surface area contributed by atoms with Gasteiger partial charge in [-0.25, -0.2) is 0 Å². The molecule has 1 aromatic rings. The van der Waals surface area contributed by atoms with Gasteiger partial charge in [-0.3, -0.25) is 11.3 Å². The summed E-state index contributed by atoms with van der Waals surface area (Å²) in [6, 6.07) is 2.22. The minimum Gasteiger partial charge on any atom is -0.271 e. The molecule has 1 atom stereocenters. The quantitative estimate of drug-likeness (QED) is 0.602. The van der Waals surface area contributed by atoms with Gasteiger partial charge in [0, 0.05) is 6.20 Å². The zero-order chi connectivity index (χ0) is 11.4. The lowest BCUT2D eigenvalue weighted by atomic mass is 9.78. The maximum atomic E-state index is 5.67. The molecule has 0 saturated heterocycles. The van der Waals surface area contributed by atoms with E-state index in [0.29, 0.717) is 5.92 Å². The van der Waals surface area contributed by atoms with Crippen LogP contribution < -0.4 is 11.3 Å². The van der Waals surface area contributed by atoms with Crippen LogP contribution in [0.3, 0.4) is 0 Å². The topological polar surface area (TPSA) is 63.8 Å². The van der Waals surface area contributed by atoms with E-state index < -0.39 is 0 Å². The molecule has 1 aromatic heterocycles. The van der Waals surface area contributed by atoms with Crippen molar-refractivity contribution in [3.8, 4) is 0 Å². The molecule has 4 nitrogen and oxygen atoms in total. The Bertz CT molecular complexity index is 306. The van der Waals surface area contributed by atoms with Gasteiger partial charge >= 0.3 is 0 Å². The lowest BCUT2D eigenvalue weighted by molar-refractivity contribution is 0.232. The Morgan fingerprint density at radius 2 is 2.06 bits per heavy atom. The highest BCUT2D eigenvalue weighted by Crippen LogP contribution is 2.35. The molecule has 0 aliphatic heterocycles. The Balaban J connectivity index is 2.05. The van der Waals surface area contributed by atoms with E-state index in [-0.39, 0.29) is 6.04 Å². The van der Waals surface area contributed by atoms with Crippen molar-refractivity contribution in [2.45, 2.75) is 38.6 Å². The first-order chi connectivity index (χ1) is 7.81. The number of rotatable bonds is 3. The normalized spacial score (nSPS) is 27.6. The van der Waals surface area contributed by atoms with Gasteiger partial charge in [0.05, 0.1) is 12.2 Å². The fraction of sp³-hybridized carbons (Fsp3) is 0.667. The zero-order valence-corrected chi connectivity index (χ0v) is 9.76. The standard InChI is InChI=1S/C12H20N4/c1-9-2-4-10(5-3-9)12(16-13)11-6-7-14-15-8-11/h6-10,12,16H,2-5,13H2,1H3. The van der Waals surface area contributed by atoms with Crippen molar-refractivity contribution in [2.24, 2.45) is 17.7 Å². The molecule has 1 unspecified atom stereocenters. The van der Waals surface area contributed by atoms with E-state index in [4.69, 9.17) is 5.84 Å². The lowest BCUT2D eigenvalue weighted by Gasteiger charge is -2.32. The summed E-state index contributed by atoms with van der Waals surface area (Å²) in [5.74, 6) is 7.17. The molecular weight excluding hydrogens is 200 g/mol. The summed E-state index contributed by atoms with van der Waals surface area (Å²) in [5.41, 5.74) is 4.09. The molecule has 0 amide bonds. The highest BCUT2D eigenvalue weighted by atomic mass is 15.2. The largest absolute Gasteiger partial charge is 0.271 e. The predicted octanol–water partition coefficient (Wildman–Crippen LogP) is 1.81. The molecule has 1 aliphatic rings. The molecule has 1 fully saturated rings. The van der Waals surface area contributed by atoms with Gasteiger partial charge in [-0.05, 0) is 36.3 Å². The van der Waals surface area contributed by atoms with Crippen LogP contribution in [-0.2, 0) is 0 Å². The van der Waals surface area contributed by atoms with Gasteiger partial charge in [0.2, 0.25) is 0 Å². The van der Waals surface area contributed by atoms with E-state index in [0.717, 1.165) is 11.5 Å². The van der Waals surface area contributed by atoms with Crippen molar-refractivity contribution in [2.75, 3.05) is 0 Å². The third-order valence-electron chi connectivity index (χ3n) is 3.68. The average Bonchev–Trinajstić information content (AvgIpc) is 2.34. The van der Waals surface area contributed by atoms with Crippen molar-refractivity contribution in [1.82, 2.24) is 15.6 Å². The first-order valence-electron chi connectivity index (χ1n) is 6.04. The van der Waals surface area contributed by atoms with Crippen LogP contribution >= 0.6 is 0 Å². The van der Waals surface area contributed by atoms with Crippen LogP contribution in [0.2, 0.25) is 0 Å². The second-order valence-electron chi connectivity index (χ2n) is 4.84. The molecule has 1 heterocycles. The van der Waals surface area contributed by atoms with E-state index >= 15 is 0 Å². The number of nitrogens with zero attached hydrogens (tertiary/aromatic N) is 2. The fourth-order valence-electron chi connectivity index (χ4n) is 2.61. The van der Waals surface area contributed by atoms with E-state index in [2.05, 4.69) is 22.5 Å². The summed E-state index contributed by atoms with van der Waals surface area (Å²) < 4.78 is 0. The van der Waals surface area contributed by atoms with Gasteiger partial charge in [-0.2, -0.15) is 10.2 Å². The monoisotopic (exact) mass is 220 g/mol. The summed E-state index contributed by atoms with van der Waals surface area (Å²) in [6.45, 7) is 2.33. The average molecular weight is 220 g/mol. The minimum absolute atomic E-state index is 0.225. The Morgan fingerprint density at radius 3 is 2.62 bits per heavy atom. The molecule has 0 aromatic carbocycles. The number of nitrogens with two attached hydrogens (primary N) is 1. The molecule has 1 saturated carbocycles. The fourth-order valence-corrected chi connectivity index (χ4v) is 2.61. The molecule has 0 bridgehead atoms. The van der Waals surface area contributed by atoms with Crippen LogP contribution in [-0.4, -0.2) is 10.2 Å². The second kappa shape index (κ2) is 5.37. The minimum atomic E-state index is 0.225. The van der Waals surface area contributed by atoms with Crippen molar-refractivity contribution in [1.29, 1.82) is 0 Å². The van der Waals surface area contributed by atoms with E-state index in [1.165, 1.54) is 25.7 Å². The number of aromatic nitrogens is 2. The molecule has 4 heteroatoms. The molecule has 88 valence electrons. The van der Waals surface area contributed by atoms with Crippen LogP contribution in [0, 0.1) is 11.8 Å².